The molecule has 7 heteroatoms. The van der Waals surface area contributed by atoms with Crippen LogP contribution in [0.3, 0.4) is 0 Å². The first-order chi connectivity index (χ1) is 14.4. The fourth-order valence-electron chi connectivity index (χ4n) is 3.37. The number of benzene rings is 2. The maximum atomic E-state index is 12.8. The molecule has 0 aliphatic carbocycles. The lowest BCUT2D eigenvalue weighted by atomic mass is 10.0. The van der Waals surface area contributed by atoms with Gasteiger partial charge < -0.3 is 10.2 Å². The fourth-order valence-corrected chi connectivity index (χ4v) is 3.37. The maximum Gasteiger partial charge on any atom is 0.261 e. The topological polar surface area (TPSA) is 86.8 Å². The molecule has 30 heavy (non-hydrogen) atoms. The van der Waals surface area contributed by atoms with Crippen LogP contribution in [0.15, 0.2) is 55.1 Å². The van der Waals surface area contributed by atoms with Gasteiger partial charge in [-0.05, 0) is 36.2 Å². The average molecular weight is 405 g/mol. The molecule has 4 amide bonds. The van der Waals surface area contributed by atoms with E-state index in [0.717, 1.165) is 22.6 Å². The van der Waals surface area contributed by atoms with Gasteiger partial charge in [0.2, 0.25) is 5.91 Å². The summed E-state index contributed by atoms with van der Waals surface area (Å²) in [7, 11) is 1.51. The number of rotatable bonds is 7. The third-order valence-electron chi connectivity index (χ3n) is 4.93. The molecule has 0 unspecified atom stereocenters. The molecular formula is C23H23N3O4. The Labute approximate surface area is 175 Å². The van der Waals surface area contributed by atoms with Crippen molar-refractivity contribution in [3.05, 3.63) is 77.4 Å². The summed E-state index contributed by atoms with van der Waals surface area (Å²) in [6, 6.07) is 11.9. The van der Waals surface area contributed by atoms with E-state index in [1.54, 1.807) is 0 Å². The highest BCUT2D eigenvalue weighted by Crippen LogP contribution is 2.24. The zero-order chi connectivity index (χ0) is 21.8. The predicted octanol–water partition coefficient (Wildman–Crippen LogP) is 2.74. The molecule has 1 aliphatic rings. The van der Waals surface area contributed by atoms with Crippen LogP contribution in [0.2, 0.25) is 0 Å². The summed E-state index contributed by atoms with van der Waals surface area (Å²) in [5.74, 6) is -1.60. The molecule has 0 spiro atoms. The lowest BCUT2D eigenvalue weighted by Crippen LogP contribution is -2.35. The van der Waals surface area contributed by atoms with Gasteiger partial charge in [0.25, 0.3) is 17.7 Å². The zero-order valence-electron chi connectivity index (χ0n) is 17.0. The van der Waals surface area contributed by atoms with Crippen molar-refractivity contribution in [2.24, 2.45) is 0 Å². The van der Waals surface area contributed by atoms with Crippen LogP contribution in [0.4, 0.5) is 5.69 Å². The van der Waals surface area contributed by atoms with E-state index in [4.69, 9.17) is 0 Å². The molecule has 2 aromatic carbocycles. The van der Waals surface area contributed by atoms with Gasteiger partial charge >= 0.3 is 0 Å². The molecule has 1 N–H and O–H groups in total. The fraction of sp³-hybridized carbons (Fsp3) is 0.217. The summed E-state index contributed by atoms with van der Waals surface area (Å²) in [5, 5.41) is 2.83. The Bertz CT molecular complexity index is 1040. The minimum absolute atomic E-state index is 0.106. The summed E-state index contributed by atoms with van der Waals surface area (Å²) in [6.45, 7) is 5.50. The highest BCUT2D eigenvalue weighted by atomic mass is 16.2. The number of hydrogen-bond acceptors (Lipinski definition) is 4. The third kappa shape index (κ3) is 4.00. The van der Waals surface area contributed by atoms with Crippen LogP contribution in [-0.2, 0) is 11.2 Å². The SMILES string of the molecule is C=CCN1C(=O)c2ccc(C(=O)N(C)CC(=O)Nc3ccccc3CC)cc2C1=O. The Morgan fingerprint density at radius 2 is 1.80 bits per heavy atom. The van der Waals surface area contributed by atoms with Crippen LogP contribution < -0.4 is 5.32 Å². The second kappa shape index (κ2) is 8.73. The van der Waals surface area contributed by atoms with E-state index >= 15 is 0 Å². The first-order valence-corrected chi connectivity index (χ1v) is 9.61. The molecule has 2 aromatic rings. The molecule has 1 heterocycles. The van der Waals surface area contributed by atoms with Crippen LogP contribution in [-0.4, -0.2) is 53.6 Å². The average Bonchev–Trinajstić information content (AvgIpc) is 2.98. The Hall–Kier alpha value is -3.74. The number of fused-ring (bicyclic) bond motifs is 1. The number of nitrogens with zero attached hydrogens (tertiary/aromatic N) is 2. The second-order valence-corrected chi connectivity index (χ2v) is 6.99. The monoisotopic (exact) mass is 405 g/mol. The van der Waals surface area contributed by atoms with E-state index in [1.807, 2.05) is 31.2 Å². The Morgan fingerprint density at radius 1 is 1.10 bits per heavy atom. The molecule has 154 valence electrons. The van der Waals surface area contributed by atoms with Gasteiger partial charge in [0, 0.05) is 24.8 Å². The van der Waals surface area contributed by atoms with Gasteiger partial charge in [-0.15, -0.1) is 6.58 Å². The quantitative estimate of drug-likeness (QED) is 0.567. The highest BCUT2D eigenvalue weighted by Gasteiger charge is 2.35. The molecule has 3 rings (SSSR count). The van der Waals surface area contributed by atoms with Gasteiger partial charge in [-0.3, -0.25) is 24.1 Å². The van der Waals surface area contributed by atoms with Crippen molar-refractivity contribution in [3.8, 4) is 0 Å². The Kier molecular flexibility index (Phi) is 6.11. The summed E-state index contributed by atoms with van der Waals surface area (Å²) >= 11 is 0. The number of imide groups is 1. The van der Waals surface area contributed by atoms with Crippen molar-refractivity contribution in [1.82, 2.24) is 9.80 Å². The molecule has 0 atom stereocenters. The molecular weight excluding hydrogens is 382 g/mol. The lowest BCUT2D eigenvalue weighted by molar-refractivity contribution is -0.116. The number of hydrogen-bond donors (Lipinski definition) is 1. The largest absolute Gasteiger partial charge is 0.332 e. The standard InChI is InChI=1S/C23H23N3O4/c1-4-12-26-22(29)17-11-10-16(13-18(17)23(26)30)21(28)25(3)14-20(27)24-19-9-7-6-8-15(19)5-2/h4,6-11,13H,1,5,12,14H2,2-3H3,(H,24,27). The van der Waals surface area contributed by atoms with Crippen LogP contribution in [0.1, 0.15) is 43.6 Å². The number of aryl methyl sites for hydroxylation is 1. The number of nitrogens with one attached hydrogen (secondary N) is 1. The number of amides is 4. The predicted molar refractivity (Wildman–Crippen MR) is 113 cm³/mol. The molecule has 1 aliphatic heterocycles. The van der Waals surface area contributed by atoms with Gasteiger partial charge in [-0.1, -0.05) is 31.2 Å². The van der Waals surface area contributed by atoms with E-state index in [2.05, 4.69) is 11.9 Å². The van der Waals surface area contributed by atoms with Crippen molar-refractivity contribution in [1.29, 1.82) is 0 Å². The number of anilines is 1. The number of carbonyl (C=O) groups is 4. The molecule has 0 radical (unpaired) electrons. The van der Waals surface area contributed by atoms with Crippen molar-refractivity contribution in [2.45, 2.75) is 13.3 Å². The maximum absolute atomic E-state index is 12.8. The van der Waals surface area contributed by atoms with Crippen LogP contribution in [0, 0.1) is 0 Å². The molecule has 0 saturated heterocycles. The van der Waals surface area contributed by atoms with E-state index in [-0.39, 0.29) is 35.7 Å². The highest BCUT2D eigenvalue weighted by molar-refractivity contribution is 6.22. The van der Waals surface area contributed by atoms with Crippen molar-refractivity contribution in [2.75, 3.05) is 25.5 Å². The van der Waals surface area contributed by atoms with E-state index < -0.39 is 17.7 Å². The van der Waals surface area contributed by atoms with Gasteiger partial charge in [0.15, 0.2) is 0 Å². The molecule has 0 aromatic heterocycles. The minimum Gasteiger partial charge on any atom is -0.332 e. The molecule has 7 nitrogen and oxygen atoms in total. The van der Waals surface area contributed by atoms with Gasteiger partial charge in [-0.2, -0.15) is 0 Å². The van der Waals surface area contributed by atoms with Crippen molar-refractivity contribution in [3.63, 3.8) is 0 Å². The summed E-state index contributed by atoms with van der Waals surface area (Å²) in [5.41, 5.74) is 2.40. The first kappa shape index (κ1) is 21.0. The number of para-hydroxylation sites is 1. The zero-order valence-corrected chi connectivity index (χ0v) is 17.0. The van der Waals surface area contributed by atoms with E-state index in [9.17, 15) is 19.2 Å². The van der Waals surface area contributed by atoms with Gasteiger partial charge in [0.1, 0.15) is 0 Å². The van der Waals surface area contributed by atoms with Crippen LogP contribution in [0.5, 0.6) is 0 Å². The van der Waals surface area contributed by atoms with Gasteiger partial charge in [-0.25, -0.2) is 0 Å². The van der Waals surface area contributed by atoms with Crippen molar-refractivity contribution < 1.29 is 19.2 Å². The van der Waals surface area contributed by atoms with E-state index in [0.29, 0.717) is 0 Å². The molecule has 0 saturated carbocycles. The third-order valence-corrected chi connectivity index (χ3v) is 4.93. The van der Waals surface area contributed by atoms with Crippen molar-refractivity contribution >= 4 is 29.3 Å². The molecule has 0 fully saturated rings. The van der Waals surface area contributed by atoms with E-state index in [1.165, 1.54) is 36.2 Å². The first-order valence-electron chi connectivity index (χ1n) is 9.61. The summed E-state index contributed by atoms with van der Waals surface area (Å²) < 4.78 is 0. The number of carbonyl (C=O) groups excluding carboxylic acids is 4. The lowest BCUT2D eigenvalue weighted by Gasteiger charge is -2.18. The smallest absolute Gasteiger partial charge is 0.261 e. The molecule has 0 bridgehead atoms. The second-order valence-electron chi connectivity index (χ2n) is 6.99. The van der Waals surface area contributed by atoms with Crippen LogP contribution in [0.25, 0.3) is 0 Å². The van der Waals surface area contributed by atoms with Gasteiger partial charge in [0.05, 0.1) is 17.7 Å². The normalized spacial score (nSPS) is 12.5. The minimum atomic E-state index is -0.457. The Morgan fingerprint density at radius 3 is 2.50 bits per heavy atom. The van der Waals surface area contributed by atoms with Crippen LogP contribution >= 0.6 is 0 Å². The summed E-state index contributed by atoms with van der Waals surface area (Å²) in [4.78, 5) is 52.3. The Balaban J connectivity index is 1.71. The summed E-state index contributed by atoms with van der Waals surface area (Å²) in [6.07, 6.45) is 2.24. The number of likely N-dealkylation sites (N-methyl/N-ethyl adjacent to an activating group) is 1.